The number of benzene rings is 2. The van der Waals surface area contributed by atoms with Crippen LogP contribution >= 0.6 is 0 Å². The van der Waals surface area contributed by atoms with E-state index in [4.69, 9.17) is 9.47 Å². The Kier molecular flexibility index (Phi) is 7.68. The van der Waals surface area contributed by atoms with Crippen molar-refractivity contribution in [1.29, 1.82) is 0 Å². The van der Waals surface area contributed by atoms with Crippen LogP contribution < -0.4 is 14.8 Å². The average Bonchev–Trinajstić information content (AvgIpc) is 2.63. The van der Waals surface area contributed by atoms with E-state index < -0.39 is 0 Å². The molecule has 4 nitrogen and oxygen atoms in total. The number of rotatable bonds is 8. The summed E-state index contributed by atoms with van der Waals surface area (Å²) in [5.74, 6) is 1.34. The Hall–Kier alpha value is -3.01. The first kappa shape index (κ1) is 20.3. The second-order valence-electron chi connectivity index (χ2n) is 6.69. The second-order valence-corrected chi connectivity index (χ2v) is 6.69. The van der Waals surface area contributed by atoms with Crippen LogP contribution in [-0.2, 0) is 0 Å². The highest BCUT2D eigenvalue weighted by atomic mass is 16.5. The summed E-state index contributed by atoms with van der Waals surface area (Å²) in [5.41, 5.74) is 3.72. The molecule has 0 aliphatic carbocycles. The summed E-state index contributed by atoms with van der Waals surface area (Å²) in [5, 5.41) is 2.88. The minimum Gasteiger partial charge on any atom is -0.490 e. The number of anilines is 1. The Bertz CT molecular complexity index is 795. The van der Waals surface area contributed by atoms with Gasteiger partial charge in [0.2, 0.25) is 0 Å². The summed E-state index contributed by atoms with van der Waals surface area (Å²) in [6.07, 6.45) is 4.02. The third kappa shape index (κ3) is 7.40. The van der Waals surface area contributed by atoms with Crippen molar-refractivity contribution in [3.63, 3.8) is 0 Å². The van der Waals surface area contributed by atoms with Gasteiger partial charge in [0.15, 0.2) is 0 Å². The fourth-order valence-corrected chi connectivity index (χ4v) is 2.15. The molecule has 1 amide bonds. The Morgan fingerprint density at radius 1 is 0.778 bits per heavy atom. The van der Waals surface area contributed by atoms with Gasteiger partial charge in [-0.25, -0.2) is 0 Å². The van der Waals surface area contributed by atoms with E-state index in [1.54, 1.807) is 24.3 Å². The molecule has 2 rings (SSSR count). The number of hydrogen-bond donors (Lipinski definition) is 1. The van der Waals surface area contributed by atoms with Crippen LogP contribution in [0.1, 0.15) is 38.1 Å². The molecule has 0 saturated carbocycles. The topological polar surface area (TPSA) is 47.6 Å². The van der Waals surface area contributed by atoms with Crippen molar-refractivity contribution in [1.82, 2.24) is 0 Å². The van der Waals surface area contributed by atoms with E-state index in [0.717, 1.165) is 17.2 Å². The highest BCUT2D eigenvalue weighted by Crippen LogP contribution is 2.18. The molecule has 0 aliphatic rings. The molecule has 0 heterocycles. The van der Waals surface area contributed by atoms with Crippen molar-refractivity contribution in [3.8, 4) is 11.5 Å². The highest BCUT2D eigenvalue weighted by Gasteiger charge is 2.06. The number of hydrogen-bond acceptors (Lipinski definition) is 3. The maximum atomic E-state index is 12.4. The van der Waals surface area contributed by atoms with Gasteiger partial charge in [-0.3, -0.25) is 4.79 Å². The molecule has 0 aliphatic heterocycles. The molecular formula is C23H27NO3. The van der Waals surface area contributed by atoms with E-state index in [0.29, 0.717) is 18.8 Å². The molecule has 0 radical (unpaired) electrons. The van der Waals surface area contributed by atoms with E-state index in [-0.39, 0.29) is 5.91 Å². The maximum Gasteiger partial charge on any atom is 0.255 e. The van der Waals surface area contributed by atoms with Crippen LogP contribution in [0.25, 0.3) is 0 Å². The third-order valence-electron chi connectivity index (χ3n) is 3.71. The summed E-state index contributed by atoms with van der Waals surface area (Å²) in [7, 11) is 0. The summed E-state index contributed by atoms with van der Waals surface area (Å²) < 4.78 is 11.2. The monoisotopic (exact) mass is 365 g/mol. The number of ether oxygens (including phenoxy) is 2. The van der Waals surface area contributed by atoms with Crippen LogP contribution in [0.3, 0.4) is 0 Å². The van der Waals surface area contributed by atoms with Crippen molar-refractivity contribution in [2.45, 2.75) is 27.7 Å². The van der Waals surface area contributed by atoms with Gasteiger partial charge in [0.05, 0.1) is 0 Å². The van der Waals surface area contributed by atoms with Crippen molar-refractivity contribution in [2.24, 2.45) is 0 Å². The number of carbonyl (C=O) groups is 1. The molecule has 0 saturated heterocycles. The van der Waals surface area contributed by atoms with Crippen LogP contribution in [0, 0.1) is 0 Å². The lowest BCUT2D eigenvalue weighted by Crippen LogP contribution is -2.11. The molecule has 0 spiro atoms. The first-order valence-electron chi connectivity index (χ1n) is 8.98. The van der Waals surface area contributed by atoms with Gasteiger partial charge in [-0.05, 0) is 88.4 Å². The smallest absolute Gasteiger partial charge is 0.255 e. The predicted octanol–water partition coefficient (Wildman–Crippen LogP) is 5.63. The van der Waals surface area contributed by atoms with Gasteiger partial charge in [0, 0.05) is 11.3 Å². The third-order valence-corrected chi connectivity index (χ3v) is 3.71. The van der Waals surface area contributed by atoms with Crippen LogP contribution in [0.15, 0.2) is 71.8 Å². The van der Waals surface area contributed by atoms with E-state index in [9.17, 15) is 4.79 Å². The molecule has 0 bridgehead atoms. The summed E-state index contributed by atoms with van der Waals surface area (Å²) in [6, 6.07) is 14.4. The SMILES string of the molecule is CC(C)=CCOc1ccc(NC(=O)c2ccc(OCC=C(C)C)cc2)cc1. The molecule has 2 aromatic carbocycles. The van der Waals surface area contributed by atoms with E-state index in [2.05, 4.69) is 5.32 Å². The molecule has 0 unspecified atom stereocenters. The lowest BCUT2D eigenvalue weighted by Gasteiger charge is -2.08. The number of carbonyl (C=O) groups excluding carboxylic acids is 1. The van der Waals surface area contributed by atoms with E-state index in [1.807, 2.05) is 64.1 Å². The minimum absolute atomic E-state index is 0.163. The van der Waals surface area contributed by atoms with Crippen LogP contribution in [0.2, 0.25) is 0 Å². The Labute approximate surface area is 161 Å². The molecular weight excluding hydrogens is 338 g/mol. The van der Waals surface area contributed by atoms with Gasteiger partial charge in [0.1, 0.15) is 24.7 Å². The quantitative estimate of drug-likeness (QED) is 0.617. The zero-order valence-electron chi connectivity index (χ0n) is 16.4. The summed E-state index contributed by atoms with van der Waals surface area (Å²) in [4.78, 5) is 12.4. The number of nitrogens with one attached hydrogen (secondary N) is 1. The first-order valence-corrected chi connectivity index (χ1v) is 8.98. The Morgan fingerprint density at radius 2 is 1.22 bits per heavy atom. The van der Waals surface area contributed by atoms with Crippen molar-refractivity contribution in [3.05, 3.63) is 77.4 Å². The van der Waals surface area contributed by atoms with Crippen LogP contribution in [-0.4, -0.2) is 19.1 Å². The normalized spacial score (nSPS) is 9.93. The van der Waals surface area contributed by atoms with Crippen LogP contribution in [0.5, 0.6) is 11.5 Å². The minimum atomic E-state index is -0.163. The molecule has 1 N–H and O–H groups in total. The predicted molar refractivity (Wildman–Crippen MR) is 111 cm³/mol. The Morgan fingerprint density at radius 3 is 1.67 bits per heavy atom. The second kappa shape index (κ2) is 10.2. The van der Waals surface area contributed by atoms with E-state index >= 15 is 0 Å². The number of amides is 1. The highest BCUT2D eigenvalue weighted by molar-refractivity contribution is 6.04. The maximum absolute atomic E-state index is 12.4. The summed E-state index contributed by atoms with van der Waals surface area (Å²) >= 11 is 0. The van der Waals surface area contributed by atoms with Crippen molar-refractivity contribution in [2.75, 3.05) is 18.5 Å². The van der Waals surface area contributed by atoms with E-state index in [1.165, 1.54) is 11.1 Å². The van der Waals surface area contributed by atoms with Crippen molar-refractivity contribution >= 4 is 11.6 Å². The zero-order valence-corrected chi connectivity index (χ0v) is 16.4. The fraction of sp³-hybridized carbons (Fsp3) is 0.261. The Balaban J connectivity index is 1.89. The molecule has 2 aromatic rings. The van der Waals surface area contributed by atoms with Crippen LogP contribution in [0.4, 0.5) is 5.69 Å². The van der Waals surface area contributed by atoms with Gasteiger partial charge in [-0.2, -0.15) is 0 Å². The molecule has 4 heteroatoms. The largest absolute Gasteiger partial charge is 0.490 e. The molecule has 0 aromatic heterocycles. The van der Waals surface area contributed by atoms with Gasteiger partial charge in [-0.1, -0.05) is 11.1 Å². The molecule has 0 atom stereocenters. The van der Waals surface area contributed by atoms with Crippen molar-refractivity contribution < 1.29 is 14.3 Å². The summed E-state index contributed by atoms with van der Waals surface area (Å²) in [6.45, 7) is 9.18. The standard InChI is InChI=1S/C23H27NO3/c1-17(2)13-15-26-21-9-5-19(6-10-21)23(25)24-20-7-11-22(12-8-20)27-16-14-18(3)4/h5-14H,15-16H2,1-4H3,(H,24,25). The zero-order chi connectivity index (χ0) is 19.6. The van der Waals surface area contributed by atoms with Gasteiger partial charge >= 0.3 is 0 Å². The van der Waals surface area contributed by atoms with Gasteiger partial charge in [-0.15, -0.1) is 0 Å². The first-order chi connectivity index (χ1) is 12.9. The average molecular weight is 365 g/mol. The fourth-order valence-electron chi connectivity index (χ4n) is 2.15. The lowest BCUT2D eigenvalue weighted by atomic mass is 10.2. The number of allylic oxidation sites excluding steroid dienone is 2. The lowest BCUT2D eigenvalue weighted by molar-refractivity contribution is 0.102. The molecule has 142 valence electrons. The molecule has 27 heavy (non-hydrogen) atoms. The van der Waals surface area contributed by atoms with Gasteiger partial charge < -0.3 is 14.8 Å². The molecule has 0 fully saturated rings. The van der Waals surface area contributed by atoms with Gasteiger partial charge in [0.25, 0.3) is 5.91 Å².